The molecular formula is C61H76BrClO14SSi. The fourth-order valence-electron chi connectivity index (χ4n) is 11.3. The molecule has 0 N–H and O–H groups in total. The van der Waals surface area contributed by atoms with Crippen LogP contribution in [0.2, 0.25) is 18.1 Å². The van der Waals surface area contributed by atoms with Crippen molar-refractivity contribution in [3.8, 4) is 17.2 Å². The molecule has 2 aliphatic heterocycles. The molecule has 1 spiro atoms. The molecule has 2 heterocycles. The predicted octanol–water partition coefficient (Wildman–Crippen LogP) is 12.5. The number of rotatable bonds is 27. The van der Waals surface area contributed by atoms with Crippen molar-refractivity contribution in [2.75, 3.05) is 38.3 Å². The highest BCUT2D eigenvalue weighted by atomic mass is 79.9. The van der Waals surface area contributed by atoms with E-state index in [1.807, 2.05) is 118 Å². The van der Waals surface area contributed by atoms with Crippen LogP contribution in [0.25, 0.3) is 10.8 Å². The minimum atomic E-state index is -2.51. The van der Waals surface area contributed by atoms with Gasteiger partial charge in [0, 0.05) is 42.2 Å². The Morgan fingerprint density at radius 1 is 0.899 bits per heavy atom. The number of carbonyl (C=O) groups excluding carboxylic acids is 3. The average molecular weight is 1210 g/mol. The second-order valence-corrected chi connectivity index (χ2v) is 27.3. The first kappa shape index (κ1) is 61.0. The van der Waals surface area contributed by atoms with Crippen LogP contribution >= 0.6 is 39.3 Å². The second kappa shape index (κ2) is 28.7. The van der Waals surface area contributed by atoms with E-state index in [1.165, 1.54) is 18.9 Å². The van der Waals surface area contributed by atoms with E-state index in [2.05, 4.69) is 36.7 Å². The van der Waals surface area contributed by atoms with Crippen molar-refractivity contribution in [3.05, 3.63) is 120 Å². The number of carbonyl (C=O) groups is 3. The highest BCUT2D eigenvalue weighted by Gasteiger charge is 2.57. The van der Waals surface area contributed by atoms with Gasteiger partial charge in [0.05, 0.1) is 28.9 Å². The van der Waals surface area contributed by atoms with Crippen LogP contribution in [-0.2, 0) is 60.2 Å². The minimum absolute atomic E-state index is 0.111. The number of esters is 1. The van der Waals surface area contributed by atoms with Crippen molar-refractivity contribution in [1.82, 2.24) is 0 Å². The lowest BCUT2D eigenvalue weighted by Gasteiger charge is -2.49. The number of thioether (sulfide) groups is 1. The zero-order chi connectivity index (χ0) is 56.1. The van der Waals surface area contributed by atoms with Crippen LogP contribution in [0.15, 0.2) is 108 Å². The number of ether oxygens (including phenoxy) is 10. The Bertz CT molecular complexity index is 2710. The molecule has 2 aliphatic carbocycles. The summed E-state index contributed by atoms with van der Waals surface area (Å²) in [6, 6.07) is 27.6. The molecule has 1 saturated carbocycles. The average Bonchev–Trinajstić information content (AvgIpc) is 4.20. The van der Waals surface area contributed by atoms with E-state index < -0.39 is 86.0 Å². The van der Waals surface area contributed by atoms with Gasteiger partial charge in [-0.25, -0.2) is 0 Å². The number of allylic oxidation sites excluding steroid dienone is 2. The number of halogens is 2. The Morgan fingerprint density at radius 3 is 2.23 bits per heavy atom. The first-order valence-electron chi connectivity index (χ1n) is 27.7. The fraction of sp³-hybridized carbons (Fsp3) is 0.525. The van der Waals surface area contributed by atoms with Gasteiger partial charge in [0.15, 0.2) is 44.9 Å². The summed E-state index contributed by atoms with van der Waals surface area (Å²) in [5, 5.41) is 0.667. The molecule has 4 aromatic rings. The van der Waals surface area contributed by atoms with Crippen LogP contribution in [0.5, 0.6) is 17.2 Å². The van der Waals surface area contributed by atoms with Crippen molar-refractivity contribution >= 4 is 75.9 Å². The summed E-state index contributed by atoms with van der Waals surface area (Å²) in [6.07, 6.45) is 2.94. The number of Topliss-reactive ketones (excluding diaryl/α,β-unsaturated/α-hetero) is 2. The zero-order valence-electron chi connectivity index (χ0n) is 46.4. The molecule has 428 valence electrons. The van der Waals surface area contributed by atoms with Gasteiger partial charge in [-0.3, -0.25) is 14.4 Å². The Balaban J connectivity index is 1.29. The normalized spacial score (nSPS) is 25.3. The summed E-state index contributed by atoms with van der Waals surface area (Å²) in [6.45, 7) is 12.7. The number of hydrogen-bond acceptors (Lipinski definition) is 15. The molecule has 8 rings (SSSR count). The van der Waals surface area contributed by atoms with Gasteiger partial charge < -0.3 is 51.8 Å². The number of benzene rings is 4. The summed E-state index contributed by atoms with van der Waals surface area (Å²) in [4.78, 5) is 45.9. The van der Waals surface area contributed by atoms with Crippen LogP contribution in [-0.4, -0.2) is 124 Å². The molecule has 0 bridgehead atoms. The summed E-state index contributed by atoms with van der Waals surface area (Å²) in [5.41, 5.74) is 1.84. The van der Waals surface area contributed by atoms with Gasteiger partial charge in [0.25, 0.3) is 0 Å². The lowest BCUT2D eigenvalue weighted by molar-refractivity contribution is -0.257. The maximum absolute atomic E-state index is 16.4. The van der Waals surface area contributed by atoms with Gasteiger partial charge in [-0.05, 0) is 98.9 Å². The molecule has 79 heavy (non-hydrogen) atoms. The van der Waals surface area contributed by atoms with Gasteiger partial charge in [0.2, 0.25) is 0 Å². The quantitative estimate of drug-likeness (QED) is 0.0139. The first-order chi connectivity index (χ1) is 38.4. The Labute approximate surface area is 484 Å². The molecular weight excluding hydrogens is 1130 g/mol. The maximum atomic E-state index is 16.4. The Kier molecular flexibility index (Phi) is 22.2. The maximum Gasteiger partial charge on any atom is 0.321 e. The standard InChI is InChI=1S/C61H76BrClO14SSi/c1-8-13-29-69-43-32-41-31-42-33-45(54(67-7)52(66)53-39(6)75-61(76-53)27-21-22-28-61)55(51(65)50(42)57(70-30-14-9-2)49(41)46(34-43)71-38-68-37-40-23-17-15-18-24-40)74-60-59(78-44-25-19-16-20-26-44)58(77-79(10-3,11-4)12-5)56(47(35-62)72-60)73-48(64)36-63/h8-9,13-20,23-26,31-32,34,39,45,47,53-56,58-60H,10-12,21-22,27-30,33,35-38H2,1-7H3/b13-8+,14-9+/t39-,45+,47-,53+,54+,55+,56-,58+,59-,60+/m1/s1. The van der Waals surface area contributed by atoms with Gasteiger partial charge in [0.1, 0.15) is 66.9 Å². The molecule has 14 nitrogen and oxygen atoms in total. The van der Waals surface area contributed by atoms with Crippen molar-refractivity contribution < 1.29 is 66.2 Å². The van der Waals surface area contributed by atoms with E-state index in [4.69, 9.17) is 63.4 Å². The van der Waals surface area contributed by atoms with Crippen molar-refractivity contribution in [2.24, 2.45) is 5.92 Å². The molecule has 0 aromatic heterocycles. The third kappa shape index (κ3) is 14.2. The molecule has 3 fully saturated rings. The second-order valence-electron chi connectivity index (χ2n) is 20.4. The van der Waals surface area contributed by atoms with E-state index >= 15 is 9.59 Å². The summed E-state index contributed by atoms with van der Waals surface area (Å²) in [5.74, 6) is -2.48. The van der Waals surface area contributed by atoms with Gasteiger partial charge in [-0.15, -0.1) is 23.4 Å². The summed E-state index contributed by atoms with van der Waals surface area (Å²) >= 11 is 11.3. The predicted molar refractivity (Wildman–Crippen MR) is 311 cm³/mol. The van der Waals surface area contributed by atoms with Gasteiger partial charge in [-0.1, -0.05) is 110 Å². The van der Waals surface area contributed by atoms with Gasteiger partial charge in [-0.2, -0.15) is 0 Å². The van der Waals surface area contributed by atoms with Crippen molar-refractivity contribution in [3.63, 3.8) is 0 Å². The van der Waals surface area contributed by atoms with E-state index in [-0.39, 0.29) is 48.1 Å². The Hall–Kier alpha value is -4.11. The Morgan fingerprint density at radius 2 is 1.58 bits per heavy atom. The van der Waals surface area contributed by atoms with Crippen LogP contribution in [0.1, 0.15) is 88.7 Å². The van der Waals surface area contributed by atoms with Crippen LogP contribution < -0.4 is 14.2 Å². The smallest absolute Gasteiger partial charge is 0.321 e. The molecule has 18 heteroatoms. The number of fused-ring (bicyclic) bond motifs is 2. The number of methoxy groups -OCH3 is 1. The number of ketones is 2. The monoisotopic (exact) mass is 1210 g/mol. The van der Waals surface area contributed by atoms with Crippen LogP contribution in [0.4, 0.5) is 0 Å². The SMILES string of the molecule is C/C=C/COc1cc(OCOCc2ccccc2)c2c(OC/C=C/C)c3c(cc2c1)C[C@@H]([C@H](OC)C(=O)[C@H]1OC2(CCCC2)O[C@@H]1C)[C@H](O[C@@H]1O[C@H](CBr)[C@@H](OC(=O)CCl)[C@H](O[Si](CC)(CC)CC)[C@H]1Sc1ccccc1)C3=O. The van der Waals surface area contributed by atoms with E-state index in [9.17, 15) is 4.79 Å². The minimum Gasteiger partial charge on any atom is -0.489 e. The molecule has 0 radical (unpaired) electrons. The third-order valence-corrected chi connectivity index (χ3v) is 22.4. The highest BCUT2D eigenvalue weighted by Crippen LogP contribution is 2.49. The first-order valence-corrected chi connectivity index (χ1v) is 32.8. The largest absolute Gasteiger partial charge is 0.489 e. The lowest BCUT2D eigenvalue weighted by atomic mass is 9.75. The van der Waals surface area contributed by atoms with E-state index in [1.54, 1.807) is 6.07 Å². The fourth-order valence-corrected chi connectivity index (χ4v) is 16.1. The number of hydrogen-bond donors (Lipinski definition) is 0. The molecule has 4 aliphatic rings. The van der Waals surface area contributed by atoms with Crippen molar-refractivity contribution in [1.29, 1.82) is 0 Å². The van der Waals surface area contributed by atoms with Crippen LogP contribution in [0, 0.1) is 5.92 Å². The summed E-state index contributed by atoms with van der Waals surface area (Å²) in [7, 11) is -1.04. The zero-order valence-corrected chi connectivity index (χ0v) is 50.5. The molecule has 10 atom stereocenters. The van der Waals surface area contributed by atoms with Crippen molar-refractivity contribution in [2.45, 2.75) is 163 Å². The molecule has 0 unspecified atom stereocenters. The van der Waals surface area contributed by atoms with E-state index in [0.717, 1.165) is 41.4 Å². The molecule has 0 amide bonds. The number of alkyl halides is 2. The topological polar surface area (TPSA) is 153 Å². The van der Waals surface area contributed by atoms with Gasteiger partial charge >= 0.3 is 5.97 Å². The molecule has 2 saturated heterocycles. The highest BCUT2D eigenvalue weighted by molar-refractivity contribution is 9.09. The van der Waals surface area contributed by atoms with E-state index in [0.29, 0.717) is 53.9 Å². The van der Waals surface area contributed by atoms with Crippen LogP contribution in [0.3, 0.4) is 0 Å². The third-order valence-electron chi connectivity index (χ3n) is 15.6. The summed E-state index contributed by atoms with van der Waals surface area (Å²) < 4.78 is 73.1. The lowest BCUT2D eigenvalue weighted by Crippen LogP contribution is -2.64. The molecule has 4 aromatic carbocycles.